The number of rotatable bonds is 12. The molecular weight excluding hydrogens is 492 g/mol. The molecule has 1 aliphatic rings. The van der Waals surface area contributed by atoms with Crippen LogP contribution >= 0.6 is 0 Å². The molecule has 0 bridgehead atoms. The molecule has 206 valence electrons. The summed E-state index contributed by atoms with van der Waals surface area (Å²) in [5, 5.41) is 2.89. The molecule has 8 heteroatoms. The van der Waals surface area contributed by atoms with Gasteiger partial charge < -0.3 is 19.5 Å². The van der Waals surface area contributed by atoms with Crippen LogP contribution in [-0.4, -0.2) is 73.7 Å². The van der Waals surface area contributed by atoms with Crippen LogP contribution in [-0.2, 0) is 17.9 Å². The van der Waals surface area contributed by atoms with Crippen LogP contribution in [0.2, 0.25) is 0 Å². The summed E-state index contributed by atoms with van der Waals surface area (Å²) in [6, 6.07) is 17.9. The van der Waals surface area contributed by atoms with E-state index in [2.05, 4.69) is 38.3 Å². The molecule has 2 aromatic carbocycles. The maximum absolute atomic E-state index is 12.3. The number of pyridine rings is 1. The summed E-state index contributed by atoms with van der Waals surface area (Å²) in [5.41, 5.74) is 3.38. The molecular formula is C31H38N4O4. The number of nitrogens with zero attached hydrogens (tertiary/aromatic N) is 3. The van der Waals surface area contributed by atoms with Crippen molar-refractivity contribution in [3.8, 4) is 17.2 Å². The molecule has 3 aromatic rings. The van der Waals surface area contributed by atoms with Crippen molar-refractivity contribution in [2.24, 2.45) is 0 Å². The van der Waals surface area contributed by atoms with Gasteiger partial charge in [0.05, 0.1) is 20.8 Å². The molecule has 2 heterocycles. The number of nitrogens with one attached hydrogen (secondary N) is 1. The van der Waals surface area contributed by atoms with Gasteiger partial charge in [-0.15, -0.1) is 0 Å². The van der Waals surface area contributed by atoms with E-state index in [9.17, 15) is 4.79 Å². The number of piperazine rings is 1. The molecule has 0 spiro atoms. The summed E-state index contributed by atoms with van der Waals surface area (Å²) in [6.07, 6.45) is 6.84. The second kappa shape index (κ2) is 14.3. The Labute approximate surface area is 231 Å². The number of carbonyl (C=O) groups excluding carboxylic acids is 1. The molecule has 1 unspecified atom stereocenters. The van der Waals surface area contributed by atoms with Crippen molar-refractivity contribution in [3.05, 3.63) is 89.8 Å². The Balaban J connectivity index is 1.16. The zero-order valence-electron chi connectivity index (χ0n) is 23.0. The van der Waals surface area contributed by atoms with Crippen LogP contribution in [0.3, 0.4) is 0 Å². The first-order valence-corrected chi connectivity index (χ1v) is 13.3. The van der Waals surface area contributed by atoms with Crippen LogP contribution in [0.25, 0.3) is 6.08 Å². The van der Waals surface area contributed by atoms with E-state index in [1.807, 2.05) is 55.7 Å². The molecule has 0 saturated carbocycles. The second-order valence-corrected chi connectivity index (χ2v) is 9.68. The first kappa shape index (κ1) is 28.1. The number of amides is 1. The number of benzene rings is 2. The zero-order valence-corrected chi connectivity index (χ0v) is 23.0. The SMILES string of the molecule is COc1ccc(C=CC(=O)NCC(C)Oc2ccc(CN3CCN(Cc4cccnc4)CC3)cc2)cc1OC. The van der Waals surface area contributed by atoms with Crippen LogP contribution in [0.1, 0.15) is 23.6 Å². The van der Waals surface area contributed by atoms with E-state index in [1.54, 1.807) is 20.3 Å². The predicted octanol–water partition coefficient (Wildman–Crippen LogP) is 4.01. The van der Waals surface area contributed by atoms with Crippen molar-refractivity contribution in [2.45, 2.75) is 26.1 Å². The fourth-order valence-electron chi connectivity index (χ4n) is 4.49. The lowest BCUT2D eigenvalue weighted by molar-refractivity contribution is -0.116. The van der Waals surface area contributed by atoms with Gasteiger partial charge in [0.1, 0.15) is 11.9 Å². The fourth-order valence-corrected chi connectivity index (χ4v) is 4.49. The molecule has 1 saturated heterocycles. The number of carbonyl (C=O) groups is 1. The lowest BCUT2D eigenvalue weighted by Gasteiger charge is -2.34. The van der Waals surface area contributed by atoms with Crippen LogP contribution in [0.5, 0.6) is 17.2 Å². The van der Waals surface area contributed by atoms with Gasteiger partial charge in [0.2, 0.25) is 5.91 Å². The maximum Gasteiger partial charge on any atom is 0.244 e. The molecule has 1 fully saturated rings. The quantitative estimate of drug-likeness (QED) is 0.355. The normalized spacial score (nSPS) is 15.2. The summed E-state index contributed by atoms with van der Waals surface area (Å²) < 4.78 is 16.6. The summed E-state index contributed by atoms with van der Waals surface area (Å²) in [7, 11) is 3.17. The van der Waals surface area contributed by atoms with E-state index in [-0.39, 0.29) is 12.0 Å². The lowest BCUT2D eigenvalue weighted by Crippen LogP contribution is -2.45. The highest BCUT2D eigenvalue weighted by molar-refractivity contribution is 5.91. The van der Waals surface area contributed by atoms with Crippen molar-refractivity contribution >= 4 is 12.0 Å². The average molecular weight is 531 g/mol. The van der Waals surface area contributed by atoms with Gasteiger partial charge in [0, 0.05) is 57.7 Å². The number of aromatic nitrogens is 1. The Morgan fingerprint density at radius 1 is 0.949 bits per heavy atom. The Morgan fingerprint density at radius 2 is 1.64 bits per heavy atom. The second-order valence-electron chi connectivity index (χ2n) is 9.68. The molecule has 1 aromatic heterocycles. The van der Waals surface area contributed by atoms with Gasteiger partial charge in [-0.3, -0.25) is 19.6 Å². The van der Waals surface area contributed by atoms with Crippen molar-refractivity contribution in [2.75, 3.05) is 46.9 Å². The van der Waals surface area contributed by atoms with Crippen molar-refractivity contribution < 1.29 is 19.0 Å². The minimum atomic E-state index is -0.184. The smallest absolute Gasteiger partial charge is 0.244 e. The summed E-state index contributed by atoms with van der Waals surface area (Å²) >= 11 is 0. The highest BCUT2D eigenvalue weighted by Crippen LogP contribution is 2.28. The number of hydrogen-bond acceptors (Lipinski definition) is 7. The largest absolute Gasteiger partial charge is 0.493 e. The van der Waals surface area contributed by atoms with Crippen LogP contribution in [0.4, 0.5) is 0 Å². The molecule has 1 N–H and O–H groups in total. The molecule has 1 amide bonds. The van der Waals surface area contributed by atoms with Crippen molar-refractivity contribution in [1.29, 1.82) is 0 Å². The van der Waals surface area contributed by atoms with Gasteiger partial charge in [-0.05, 0) is 60.0 Å². The average Bonchev–Trinajstić information content (AvgIpc) is 2.97. The molecule has 8 nitrogen and oxygen atoms in total. The first-order valence-electron chi connectivity index (χ1n) is 13.3. The molecule has 0 aliphatic carbocycles. The van der Waals surface area contributed by atoms with Crippen LogP contribution < -0.4 is 19.5 Å². The Hall–Kier alpha value is -3.88. The summed E-state index contributed by atoms with van der Waals surface area (Å²) in [5.74, 6) is 1.87. The molecule has 4 rings (SSSR count). The summed E-state index contributed by atoms with van der Waals surface area (Å²) in [4.78, 5) is 21.5. The van der Waals surface area contributed by atoms with E-state index < -0.39 is 0 Å². The van der Waals surface area contributed by atoms with E-state index >= 15 is 0 Å². The minimum Gasteiger partial charge on any atom is -0.493 e. The zero-order chi connectivity index (χ0) is 27.5. The minimum absolute atomic E-state index is 0.165. The standard InChI is InChI=1S/C31H38N4O4/c1-24(20-33-31(36)13-9-25-8-12-29(37-2)30(19-25)38-3)39-28-10-6-26(7-11-28)22-34-15-17-35(18-16-34)23-27-5-4-14-32-21-27/h4-14,19,21,24H,15-18,20,22-23H2,1-3H3,(H,33,36). The van der Waals surface area contributed by atoms with Gasteiger partial charge in [-0.2, -0.15) is 0 Å². The van der Waals surface area contributed by atoms with E-state index in [1.165, 1.54) is 17.2 Å². The lowest BCUT2D eigenvalue weighted by atomic mass is 10.1. The predicted molar refractivity (Wildman–Crippen MR) is 153 cm³/mol. The highest BCUT2D eigenvalue weighted by atomic mass is 16.5. The molecule has 1 atom stereocenters. The number of ether oxygens (including phenoxy) is 3. The first-order chi connectivity index (χ1) is 19.0. The maximum atomic E-state index is 12.3. The van der Waals surface area contributed by atoms with Gasteiger partial charge >= 0.3 is 0 Å². The highest BCUT2D eigenvalue weighted by Gasteiger charge is 2.17. The monoisotopic (exact) mass is 530 g/mol. The van der Waals surface area contributed by atoms with E-state index in [0.29, 0.717) is 18.0 Å². The fraction of sp³-hybridized carbons (Fsp3) is 0.355. The third-order valence-corrected chi connectivity index (χ3v) is 6.66. The molecule has 1 aliphatic heterocycles. The van der Waals surface area contributed by atoms with Gasteiger partial charge in [-0.25, -0.2) is 0 Å². The molecule has 39 heavy (non-hydrogen) atoms. The third kappa shape index (κ3) is 8.84. The number of hydrogen-bond donors (Lipinski definition) is 1. The Morgan fingerprint density at radius 3 is 2.28 bits per heavy atom. The van der Waals surface area contributed by atoms with Crippen LogP contribution in [0.15, 0.2) is 73.1 Å². The van der Waals surface area contributed by atoms with Gasteiger partial charge in [0.25, 0.3) is 0 Å². The number of methoxy groups -OCH3 is 2. The Bertz CT molecular complexity index is 1210. The van der Waals surface area contributed by atoms with Crippen LogP contribution in [0, 0.1) is 0 Å². The van der Waals surface area contributed by atoms with Crippen molar-refractivity contribution in [1.82, 2.24) is 20.1 Å². The van der Waals surface area contributed by atoms with Gasteiger partial charge in [0.15, 0.2) is 11.5 Å². The van der Waals surface area contributed by atoms with E-state index in [4.69, 9.17) is 14.2 Å². The third-order valence-electron chi connectivity index (χ3n) is 6.66. The van der Waals surface area contributed by atoms with Crippen molar-refractivity contribution in [3.63, 3.8) is 0 Å². The Kier molecular flexibility index (Phi) is 10.3. The topological polar surface area (TPSA) is 76.2 Å². The summed E-state index contributed by atoms with van der Waals surface area (Å²) in [6.45, 7) is 8.45. The van der Waals surface area contributed by atoms with Gasteiger partial charge in [-0.1, -0.05) is 24.3 Å². The van der Waals surface area contributed by atoms with E-state index in [0.717, 1.165) is 50.6 Å². The molecule has 0 radical (unpaired) electrons.